The number of nitrogens with zero attached hydrogens (tertiary/aromatic N) is 4. The summed E-state index contributed by atoms with van der Waals surface area (Å²) in [5.74, 6) is 0.537. The molecule has 1 N–H and O–H groups in total. The van der Waals surface area contributed by atoms with Crippen LogP contribution in [0.25, 0.3) is 22.1 Å². The topological polar surface area (TPSA) is 76.2 Å². The first-order chi connectivity index (χ1) is 11.3. The molecule has 0 unspecified atom stereocenters. The van der Waals surface area contributed by atoms with Gasteiger partial charge in [0.2, 0.25) is 0 Å². The highest BCUT2D eigenvalue weighted by Crippen LogP contribution is 2.30. The van der Waals surface area contributed by atoms with Crippen molar-refractivity contribution in [1.29, 1.82) is 0 Å². The summed E-state index contributed by atoms with van der Waals surface area (Å²) in [6.45, 7) is 1.90. The number of hydrogen-bond donors (Lipinski definition) is 1. The standard InChI is InChI=1S/C17H13N5O/c1-11(12-5-4-8-18-9-12)21-22-17-16-15(19-10-20-17)13-6-2-3-7-14(13)23-16/h2-10H,1H3,(H,19,20,22)/b21-11-. The summed E-state index contributed by atoms with van der Waals surface area (Å²) in [5.41, 5.74) is 6.85. The highest BCUT2D eigenvalue weighted by Gasteiger charge is 2.12. The lowest BCUT2D eigenvalue weighted by molar-refractivity contribution is 0.667. The number of benzene rings is 1. The minimum Gasteiger partial charge on any atom is -0.450 e. The van der Waals surface area contributed by atoms with Gasteiger partial charge in [-0.2, -0.15) is 5.10 Å². The van der Waals surface area contributed by atoms with Gasteiger partial charge in [0.25, 0.3) is 0 Å². The van der Waals surface area contributed by atoms with Gasteiger partial charge < -0.3 is 4.42 Å². The zero-order valence-corrected chi connectivity index (χ0v) is 12.4. The Labute approximate surface area is 131 Å². The number of hydrogen-bond acceptors (Lipinski definition) is 6. The van der Waals surface area contributed by atoms with Gasteiger partial charge in [-0.3, -0.25) is 10.4 Å². The van der Waals surface area contributed by atoms with Gasteiger partial charge in [-0.25, -0.2) is 9.97 Å². The Bertz CT molecular complexity index is 1010. The lowest BCUT2D eigenvalue weighted by Gasteiger charge is -2.02. The molecule has 6 heteroatoms. The van der Waals surface area contributed by atoms with Crippen LogP contribution in [0.5, 0.6) is 0 Å². The Morgan fingerprint density at radius 1 is 1.13 bits per heavy atom. The average Bonchev–Trinajstić information content (AvgIpc) is 3.00. The quantitative estimate of drug-likeness (QED) is 0.462. The van der Waals surface area contributed by atoms with E-state index in [1.165, 1.54) is 6.33 Å². The number of nitrogens with one attached hydrogen (secondary N) is 1. The molecule has 0 saturated carbocycles. The van der Waals surface area contributed by atoms with E-state index < -0.39 is 0 Å². The molecule has 0 atom stereocenters. The van der Waals surface area contributed by atoms with Crippen LogP contribution in [0, 0.1) is 0 Å². The zero-order chi connectivity index (χ0) is 15.6. The van der Waals surface area contributed by atoms with Gasteiger partial charge in [-0.1, -0.05) is 18.2 Å². The van der Waals surface area contributed by atoms with Crippen molar-refractivity contribution in [2.24, 2.45) is 5.10 Å². The molecule has 4 aromatic rings. The summed E-state index contributed by atoms with van der Waals surface area (Å²) in [6, 6.07) is 11.6. The van der Waals surface area contributed by atoms with Crippen LogP contribution < -0.4 is 5.43 Å². The minimum absolute atomic E-state index is 0.537. The molecule has 3 aromatic heterocycles. The Kier molecular flexibility index (Phi) is 3.20. The van der Waals surface area contributed by atoms with Crippen LogP contribution in [0.3, 0.4) is 0 Å². The van der Waals surface area contributed by atoms with Crippen molar-refractivity contribution in [3.8, 4) is 0 Å². The molecule has 23 heavy (non-hydrogen) atoms. The van der Waals surface area contributed by atoms with Crippen LogP contribution >= 0.6 is 0 Å². The van der Waals surface area contributed by atoms with E-state index in [1.54, 1.807) is 12.4 Å². The maximum absolute atomic E-state index is 5.85. The van der Waals surface area contributed by atoms with Crippen LogP contribution in [-0.4, -0.2) is 20.7 Å². The molecule has 112 valence electrons. The van der Waals surface area contributed by atoms with E-state index in [-0.39, 0.29) is 0 Å². The summed E-state index contributed by atoms with van der Waals surface area (Å²) in [6.07, 6.45) is 4.99. The van der Waals surface area contributed by atoms with Crippen LogP contribution in [-0.2, 0) is 0 Å². The molecule has 4 rings (SSSR count). The van der Waals surface area contributed by atoms with Crippen molar-refractivity contribution < 1.29 is 4.42 Å². The molecular formula is C17H13N5O. The molecule has 0 fully saturated rings. The number of furan rings is 1. The smallest absolute Gasteiger partial charge is 0.197 e. The number of pyridine rings is 1. The monoisotopic (exact) mass is 303 g/mol. The SMILES string of the molecule is C/C(=N/Nc1ncnc2c1oc1ccccc12)c1cccnc1. The molecular weight excluding hydrogens is 290 g/mol. The molecule has 0 bridgehead atoms. The van der Waals surface area contributed by atoms with E-state index in [0.717, 1.165) is 27.8 Å². The largest absolute Gasteiger partial charge is 0.450 e. The second kappa shape index (κ2) is 5.49. The van der Waals surface area contributed by atoms with Gasteiger partial charge in [-0.05, 0) is 25.1 Å². The van der Waals surface area contributed by atoms with Crippen molar-refractivity contribution >= 4 is 33.6 Å². The second-order valence-corrected chi connectivity index (χ2v) is 5.05. The van der Waals surface area contributed by atoms with Crippen molar-refractivity contribution in [2.75, 3.05) is 5.43 Å². The molecule has 1 aromatic carbocycles. The molecule has 0 aliphatic carbocycles. The third kappa shape index (κ3) is 2.40. The summed E-state index contributed by atoms with van der Waals surface area (Å²) >= 11 is 0. The number of anilines is 1. The third-order valence-corrected chi connectivity index (χ3v) is 3.57. The zero-order valence-electron chi connectivity index (χ0n) is 12.4. The maximum atomic E-state index is 5.85. The predicted molar refractivity (Wildman–Crippen MR) is 89.4 cm³/mol. The van der Waals surface area contributed by atoms with E-state index in [1.807, 2.05) is 43.3 Å². The first kappa shape index (κ1) is 13.4. The Balaban J connectivity index is 1.75. The van der Waals surface area contributed by atoms with Gasteiger partial charge in [0.15, 0.2) is 11.4 Å². The Morgan fingerprint density at radius 3 is 2.91 bits per heavy atom. The van der Waals surface area contributed by atoms with Crippen molar-refractivity contribution in [1.82, 2.24) is 15.0 Å². The number of aromatic nitrogens is 3. The summed E-state index contributed by atoms with van der Waals surface area (Å²) in [4.78, 5) is 12.6. The Morgan fingerprint density at radius 2 is 2.04 bits per heavy atom. The van der Waals surface area contributed by atoms with Crippen molar-refractivity contribution in [2.45, 2.75) is 6.92 Å². The van der Waals surface area contributed by atoms with E-state index >= 15 is 0 Å². The van der Waals surface area contributed by atoms with Crippen LogP contribution in [0.2, 0.25) is 0 Å². The second-order valence-electron chi connectivity index (χ2n) is 5.05. The first-order valence-electron chi connectivity index (χ1n) is 7.16. The number of para-hydroxylation sites is 1. The molecule has 0 aliphatic heterocycles. The summed E-state index contributed by atoms with van der Waals surface area (Å²) in [7, 11) is 0. The average molecular weight is 303 g/mol. The summed E-state index contributed by atoms with van der Waals surface area (Å²) < 4.78 is 5.85. The van der Waals surface area contributed by atoms with E-state index in [9.17, 15) is 0 Å². The van der Waals surface area contributed by atoms with E-state index in [2.05, 4.69) is 25.5 Å². The molecule has 6 nitrogen and oxygen atoms in total. The minimum atomic E-state index is 0.537. The fourth-order valence-electron chi connectivity index (χ4n) is 2.38. The molecule has 0 radical (unpaired) electrons. The molecule has 0 aliphatic rings. The van der Waals surface area contributed by atoms with Gasteiger partial charge in [0.1, 0.15) is 17.4 Å². The van der Waals surface area contributed by atoms with Crippen LogP contribution in [0.15, 0.2) is 64.6 Å². The van der Waals surface area contributed by atoms with Crippen LogP contribution in [0.4, 0.5) is 5.82 Å². The fraction of sp³-hybridized carbons (Fsp3) is 0.0588. The fourth-order valence-corrected chi connectivity index (χ4v) is 2.38. The van der Waals surface area contributed by atoms with Crippen LogP contribution in [0.1, 0.15) is 12.5 Å². The molecule has 0 amide bonds. The first-order valence-corrected chi connectivity index (χ1v) is 7.16. The predicted octanol–water partition coefficient (Wildman–Crippen LogP) is 3.61. The van der Waals surface area contributed by atoms with Crippen molar-refractivity contribution in [3.63, 3.8) is 0 Å². The number of fused-ring (bicyclic) bond motifs is 3. The third-order valence-electron chi connectivity index (χ3n) is 3.57. The molecule has 3 heterocycles. The van der Waals surface area contributed by atoms with Gasteiger partial charge in [0, 0.05) is 23.3 Å². The van der Waals surface area contributed by atoms with Gasteiger partial charge >= 0.3 is 0 Å². The normalized spacial score (nSPS) is 12.0. The maximum Gasteiger partial charge on any atom is 0.197 e. The lowest BCUT2D eigenvalue weighted by atomic mass is 10.2. The van der Waals surface area contributed by atoms with Gasteiger partial charge in [0.05, 0.1) is 5.71 Å². The molecule has 0 spiro atoms. The highest BCUT2D eigenvalue weighted by atomic mass is 16.3. The van der Waals surface area contributed by atoms with E-state index in [0.29, 0.717) is 11.4 Å². The summed E-state index contributed by atoms with van der Waals surface area (Å²) in [5, 5.41) is 5.32. The number of rotatable bonds is 3. The molecule has 0 saturated heterocycles. The van der Waals surface area contributed by atoms with Crippen molar-refractivity contribution in [3.05, 3.63) is 60.7 Å². The van der Waals surface area contributed by atoms with Gasteiger partial charge in [-0.15, -0.1) is 0 Å². The Hall–Kier alpha value is -3.28. The highest BCUT2D eigenvalue weighted by molar-refractivity contribution is 6.05. The number of hydrazone groups is 1. The van der Waals surface area contributed by atoms with E-state index in [4.69, 9.17) is 4.42 Å². The lowest BCUT2D eigenvalue weighted by Crippen LogP contribution is -2.01.